The molecule has 0 atom stereocenters. The molecule has 0 fully saturated rings. The number of fused-ring (bicyclic) bond motifs is 2. The number of rotatable bonds is 2. The van der Waals surface area contributed by atoms with Gasteiger partial charge in [-0.2, -0.15) is 0 Å². The Morgan fingerprint density at radius 1 is 0.968 bits per heavy atom. The Kier molecular flexibility index (Phi) is 5.01. The fraction of sp³-hybridized carbons (Fsp3) is 0.240. The number of nitrogens with one attached hydrogen (secondary N) is 1. The summed E-state index contributed by atoms with van der Waals surface area (Å²) in [7, 11) is 0. The second-order valence-electron chi connectivity index (χ2n) is 8.76. The van der Waals surface area contributed by atoms with Crippen molar-refractivity contribution in [3.05, 3.63) is 65.7 Å². The Morgan fingerprint density at radius 3 is 2.23 bits per heavy atom. The van der Waals surface area contributed by atoms with Gasteiger partial charge < -0.3 is 10.5 Å². The maximum atomic E-state index is 12.4. The van der Waals surface area contributed by atoms with E-state index in [-0.39, 0.29) is 0 Å². The van der Waals surface area contributed by atoms with Gasteiger partial charge in [-0.15, -0.1) is 4.57 Å². The Labute approximate surface area is 181 Å². The molecule has 1 aromatic heterocycles. The molecule has 0 aliphatic carbocycles. The first-order chi connectivity index (χ1) is 14.6. The van der Waals surface area contributed by atoms with E-state index in [9.17, 15) is 4.79 Å². The zero-order valence-electron chi connectivity index (χ0n) is 18.5. The predicted octanol–water partition coefficient (Wildman–Crippen LogP) is 5.21. The minimum atomic E-state index is -0.577. The lowest BCUT2D eigenvalue weighted by Gasteiger charge is -2.20. The molecule has 0 aliphatic heterocycles. The molecule has 1 amide bonds. The molecule has 3 aromatic carbocycles. The summed E-state index contributed by atoms with van der Waals surface area (Å²) in [6.07, 6.45) is -0.491. The number of amides is 1. The number of para-hydroxylation sites is 1. The van der Waals surface area contributed by atoms with E-state index >= 15 is 0 Å². The SMILES string of the molecule is Cc1cc2nc3cc(C)c(NC(=O)OC(C)(C)C)cc3[n+](-c3ccccc3)c2cc1N. The molecule has 0 saturated carbocycles. The second kappa shape index (κ2) is 7.54. The highest BCUT2D eigenvalue weighted by Gasteiger charge is 2.23. The van der Waals surface area contributed by atoms with Crippen molar-refractivity contribution in [2.75, 3.05) is 11.1 Å². The lowest BCUT2D eigenvalue weighted by molar-refractivity contribution is -0.538. The van der Waals surface area contributed by atoms with Crippen LogP contribution in [0.4, 0.5) is 16.2 Å². The Balaban J connectivity index is 1.98. The smallest absolute Gasteiger partial charge is 0.412 e. The van der Waals surface area contributed by atoms with E-state index in [0.717, 1.165) is 38.9 Å². The summed E-state index contributed by atoms with van der Waals surface area (Å²) in [5.74, 6) is 0. The molecule has 158 valence electrons. The summed E-state index contributed by atoms with van der Waals surface area (Å²) in [6.45, 7) is 9.44. The van der Waals surface area contributed by atoms with Crippen LogP contribution in [0.1, 0.15) is 31.9 Å². The van der Waals surface area contributed by atoms with Crippen LogP contribution in [-0.2, 0) is 4.74 Å². The maximum absolute atomic E-state index is 12.4. The minimum Gasteiger partial charge on any atom is -0.444 e. The number of benzene rings is 3. The third-order valence-corrected chi connectivity index (χ3v) is 5.06. The zero-order chi connectivity index (χ0) is 22.3. The van der Waals surface area contributed by atoms with Crippen molar-refractivity contribution in [2.24, 2.45) is 0 Å². The largest absolute Gasteiger partial charge is 0.444 e. The average molecular weight is 416 g/mol. The molecular weight excluding hydrogens is 388 g/mol. The molecule has 3 N–H and O–H groups in total. The lowest BCUT2D eigenvalue weighted by atomic mass is 10.1. The summed E-state index contributed by atoms with van der Waals surface area (Å²) in [4.78, 5) is 17.3. The van der Waals surface area contributed by atoms with Crippen LogP contribution in [0.5, 0.6) is 0 Å². The van der Waals surface area contributed by atoms with Crippen LogP contribution in [0, 0.1) is 13.8 Å². The highest BCUT2D eigenvalue weighted by atomic mass is 16.6. The monoisotopic (exact) mass is 415 g/mol. The third-order valence-electron chi connectivity index (χ3n) is 5.06. The van der Waals surface area contributed by atoms with Gasteiger partial charge in [0.05, 0.1) is 5.69 Å². The highest BCUT2D eigenvalue weighted by Crippen LogP contribution is 2.26. The van der Waals surface area contributed by atoms with Gasteiger partial charge in [-0.3, -0.25) is 5.32 Å². The third kappa shape index (κ3) is 4.14. The van der Waals surface area contributed by atoms with Crippen molar-refractivity contribution in [1.29, 1.82) is 0 Å². The van der Waals surface area contributed by atoms with Gasteiger partial charge in [-0.05, 0) is 57.9 Å². The Morgan fingerprint density at radius 2 is 1.58 bits per heavy atom. The molecule has 0 spiro atoms. The number of carbonyl (C=O) groups excluding carboxylic acids is 1. The molecule has 0 bridgehead atoms. The number of carbonyl (C=O) groups is 1. The number of nitrogens with two attached hydrogens (primary N) is 1. The van der Waals surface area contributed by atoms with Gasteiger partial charge in [0.1, 0.15) is 16.6 Å². The van der Waals surface area contributed by atoms with Crippen LogP contribution in [-0.4, -0.2) is 16.7 Å². The van der Waals surface area contributed by atoms with Crippen molar-refractivity contribution >= 4 is 39.5 Å². The van der Waals surface area contributed by atoms with Crippen LogP contribution in [0.3, 0.4) is 0 Å². The van der Waals surface area contributed by atoms with Crippen LogP contribution >= 0.6 is 0 Å². The van der Waals surface area contributed by atoms with Crippen LogP contribution in [0.2, 0.25) is 0 Å². The summed E-state index contributed by atoms with van der Waals surface area (Å²) in [6, 6.07) is 17.9. The Hall–Kier alpha value is -3.67. The molecule has 4 rings (SSSR count). The van der Waals surface area contributed by atoms with Crippen molar-refractivity contribution in [3.63, 3.8) is 0 Å². The number of nitrogen functional groups attached to an aromatic ring is 1. The molecular formula is C25H27N4O2+. The van der Waals surface area contributed by atoms with Gasteiger partial charge >= 0.3 is 6.09 Å². The highest BCUT2D eigenvalue weighted by molar-refractivity contribution is 5.92. The van der Waals surface area contributed by atoms with Gasteiger partial charge in [0, 0.05) is 30.0 Å². The van der Waals surface area contributed by atoms with E-state index in [1.807, 2.05) is 89.2 Å². The maximum Gasteiger partial charge on any atom is 0.412 e. The Bertz CT molecular complexity index is 1310. The van der Waals surface area contributed by atoms with E-state index in [2.05, 4.69) is 9.88 Å². The molecule has 0 aliphatic rings. The van der Waals surface area contributed by atoms with Gasteiger partial charge in [-0.1, -0.05) is 18.2 Å². The standard InChI is InChI=1S/C25H26N4O2/c1-15-11-20-22(13-18(15)26)29(17-9-7-6-8-10-17)23-14-19(16(2)12-21(23)27-20)28-24(30)31-25(3,4)5/h6-14H,1-5H3,(H2,26,28,30)/p+1. The normalized spacial score (nSPS) is 11.6. The first-order valence-corrected chi connectivity index (χ1v) is 10.2. The van der Waals surface area contributed by atoms with Gasteiger partial charge in [0.2, 0.25) is 16.7 Å². The van der Waals surface area contributed by atoms with E-state index in [4.69, 9.17) is 15.5 Å². The predicted molar refractivity (Wildman–Crippen MR) is 125 cm³/mol. The van der Waals surface area contributed by atoms with E-state index < -0.39 is 11.7 Å². The molecule has 0 unspecified atom stereocenters. The average Bonchev–Trinajstić information content (AvgIpc) is 2.68. The number of ether oxygens (including phenoxy) is 1. The molecule has 6 heteroatoms. The van der Waals surface area contributed by atoms with Crippen molar-refractivity contribution in [2.45, 2.75) is 40.2 Å². The van der Waals surface area contributed by atoms with Crippen LogP contribution in [0.15, 0.2) is 54.6 Å². The van der Waals surface area contributed by atoms with Crippen molar-refractivity contribution < 1.29 is 14.1 Å². The fourth-order valence-electron chi connectivity index (χ4n) is 3.58. The molecule has 1 heterocycles. The van der Waals surface area contributed by atoms with E-state index in [1.54, 1.807) is 0 Å². The number of hydrogen-bond donors (Lipinski definition) is 2. The van der Waals surface area contributed by atoms with E-state index in [1.165, 1.54) is 0 Å². The summed E-state index contributed by atoms with van der Waals surface area (Å²) >= 11 is 0. The molecule has 0 saturated heterocycles. The van der Waals surface area contributed by atoms with Gasteiger partial charge in [0.25, 0.3) is 0 Å². The zero-order valence-corrected chi connectivity index (χ0v) is 18.5. The minimum absolute atomic E-state index is 0.491. The number of hydrogen-bond acceptors (Lipinski definition) is 4. The van der Waals surface area contributed by atoms with Crippen LogP contribution < -0.4 is 15.6 Å². The fourth-order valence-corrected chi connectivity index (χ4v) is 3.58. The number of aromatic nitrogens is 2. The summed E-state index contributed by atoms with van der Waals surface area (Å²) < 4.78 is 7.55. The van der Waals surface area contributed by atoms with Crippen LogP contribution in [0.25, 0.3) is 27.8 Å². The quantitative estimate of drug-likeness (QED) is 0.267. The number of nitrogens with zero attached hydrogens (tertiary/aromatic N) is 2. The first kappa shape index (κ1) is 20.6. The summed E-state index contributed by atoms with van der Waals surface area (Å²) in [5, 5.41) is 2.88. The van der Waals surface area contributed by atoms with E-state index in [0.29, 0.717) is 11.4 Å². The van der Waals surface area contributed by atoms with Crippen molar-refractivity contribution in [1.82, 2.24) is 4.98 Å². The number of aryl methyl sites for hydroxylation is 2. The molecule has 4 aromatic rings. The lowest BCUT2D eigenvalue weighted by Crippen LogP contribution is -2.33. The first-order valence-electron chi connectivity index (χ1n) is 10.2. The van der Waals surface area contributed by atoms with Gasteiger partial charge in [0.15, 0.2) is 0 Å². The number of anilines is 2. The second-order valence-corrected chi connectivity index (χ2v) is 8.76. The van der Waals surface area contributed by atoms with Crippen molar-refractivity contribution in [3.8, 4) is 5.69 Å². The molecule has 0 radical (unpaired) electrons. The van der Waals surface area contributed by atoms with Gasteiger partial charge in [-0.25, -0.2) is 9.78 Å². The molecule has 6 nitrogen and oxygen atoms in total. The molecule has 31 heavy (non-hydrogen) atoms. The topological polar surface area (TPSA) is 81.1 Å². The summed E-state index contributed by atoms with van der Waals surface area (Å²) in [5.41, 5.74) is 13.4.